The van der Waals surface area contributed by atoms with Crippen molar-refractivity contribution in [2.75, 3.05) is 13.1 Å². The van der Waals surface area contributed by atoms with Crippen molar-refractivity contribution >= 4 is 5.91 Å². The minimum Gasteiger partial charge on any atom is -0.370 e. The van der Waals surface area contributed by atoms with Crippen molar-refractivity contribution in [1.82, 2.24) is 5.01 Å². The fourth-order valence-corrected chi connectivity index (χ4v) is 0.594. The Bertz CT molecular complexity index is 159. The summed E-state index contributed by atoms with van der Waals surface area (Å²) in [5, 5.41) is 10.5. The van der Waals surface area contributed by atoms with Gasteiger partial charge in [-0.15, -0.1) is 5.01 Å². The van der Waals surface area contributed by atoms with Gasteiger partial charge in [0.05, 0.1) is 13.1 Å². The van der Waals surface area contributed by atoms with Gasteiger partial charge in [0.1, 0.15) is 0 Å². The van der Waals surface area contributed by atoms with E-state index in [1.807, 2.05) is 0 Å². The molecule has 0 aromatic rings. The molecule has 0 spiro atoms. The van der Waals surface area contributed by atoms with Crippen LogP contribution in [0.5, 0.6) is 0 Å². The lowest BCUT2D eigenvalue weighted by molar-refractivity contribution is -0.654. The first-order valence-corrected chi connectivity index (χ1v) is 3.25. The van der Waals surface area contributed by atoms with E-state index >= 15 is 0 Å². The Balaban J connectivity index is 3.70. The molecule has 0 radical (unpaired) electrons. The topological polar surface area (TPSA) is 89.5 Å². The van der Waals surface area contributed by atoms with Crippen LogP contribution in [0.25, 0.3) is 0 Å². The van der Waals surface area contributed by atoms with Crippen LogP contribution in [0.15, 0.2) is 0 Å². The maximum atomic E-state index is 10.2. The van der Waals surface area contributed by atoms with E-state index in [1.165, 1.54) is 0 Å². The van der Waals surface area contributed by atoms with Gasteiger partial charge in [0.25, 0.3) is 0 Å². The zero-order chi connectivity index (χ0) is 8.85. The molecule has 0 rings (SSSR count). The number of nitrogens with zero attached hydrogens (tertiary/aromatic N) is 2. The Morgan fingerprint density at radius 3 is 2.55 bits per heavy atom. The number of amides is 1. The van der Waals surface area contributed by atoms with Crippen LogP contribution in [-0.4, -0.2) is 29.0 Å². The van der Waals surface area contributed by atoms with Crippen LogP contribution in [-0.2, 0) is 4.79 Å². The summed E-state index contributed by atoms with van der Waals surface area (Å²) in [4.78, 5) is 20.3. The van der Waals surface area contributed by atoms with E-state index in [2.05, 4.69) is 0 Å². The largest absolute Gasteiger partial charge is 0.370 e. The highest BCUT2D eigenvalue weighted by atomic mass is 16.7. The van der Waals surface area contributed by atoms with Crippen LogP contribution in [0, 0.1) is 10.1 Å². The maximum Gasteiger partial charge on any atom is 0.219 e. The van der Waals surface area contributed by atoms with Gasteiger partial charge in [-0.25, -0.2) is 10.1 Å². The van der Waals surface area contributed by atoms with Crippen LogP contribution < -0.4 is 5.73 Å². The van der Waals surface area contributed by atoms with E-state index in [9.17, 15) is 14.9 Å². The SMILES string of the molecule is CCN(CCC(N)=O)[N+](=O)[O-]. The molecule has 2 N–H and O–H groups in total. The first-order chi connectivity index (χ1) is 5.07. The third kappa shape index (κ3) is 4.12. The smallest absolute Gasteiger partial charge is 0.219 e. The lowest BCUT2D eigenvalue weighted by Crippen LogP contribution is -2.32. The van der Waals surface area contributed by atoms with Crippen LogP contribution in [0.2, 0.25) is 0 Å². The molecule has 0 saturated carbocycles. The zero-order valence-corrected chi connectivity index (χ0v) is 6.32. The average Bonchev–Trinajstić information content (AvgIpc) is 1.87. The Kier molecular flexibility index (Phi) is 3.94. The Hall–Kier alpha value is -1.33. The number of hydrogen-bond donors (Lipinski definition) is 1. The van der Waals surface area contributed by atoms with Crippen molar-refractivity contribution in [1.29, 1.82) is 0 Å². The molecule has 0 fully saturated rings. The van der Waals surface area contributed by atoms with Crippen LogP contribution in [0.1, 0.15) is 13.3 Å². The second kappa shape index (κ2) is 4.48. The fourth-order valence-electron chi connectivity index (χ4n) is 0.594. The van der Waals surface area contributed by atoms with E-state index in [1.54, 1.807) is 6.92 Å². The molecule has 0 heterocycles. The molecular weight excluding hydrogens is 150 g/mol. The second-order valence-corrected chi connectivity index (χ2v) is 2.00. The minimum atomic E-state index is -0.539. The van der Waals surface area contributed by atoms with Gasteiger partial charge < -0.3 is 5.73 Å². The number of nitro groups is 1. The number of carbonyl (C=O) groups excluding carboxylic acids is 1. The molecule has 6 nitrogen and oxygen atoms in total. The molecule has 1 amide bonds. The van der Waals surface area contributed by atoms with Gasteiger partial charge in [0, 0.05) is 6.42 Å². The minimum absolute atomic E-state index is 0.0226. The summed E-state index contributed by atoms with van der Waals surface area (Å²) in [6.07, 6.45) is 0.0226. The molecule has 0 atom stereocenters. The van der Waals surface area contributed by atoms with Gasteiger partial charge in [-0.3, -0.25) is 4.79 Å². The summed E-state index contributed by atoms with van der Waals surface area (Å²) < 4.78 is 0. The zero-order valence-electron chi connectivity index (χ0n) is 6.32. The summed E-state index contributed by atoms with van der Waals surface area (Å²) in [5.41, 5.74) is 4.81. The summed E-state index contributed by atoms with van der Waals surface area (Å²) >= 11 is 0. The normalized spacial score (nSPS) is 9.18. The van der Waals surface area contributed by atoms with Gasteiger partial charge in [-0.05, 0) is 6.92 Å². The van der Waals surface area contributed by atoms with Crippen LogP contribution in [0.3, 0.4) is 0 Å². The van der Waals surface area contributed by atoms with Crippen LogP contribution in [0.4, 0.5) is 0 Å². The predicted molar refractivity (Wildman–Crippen MR) is 38.1 cm³/mol. The highest BCUT2D eigenvalue weighted by Gasteiger charge is 2.11. The third-order valence-electron chi connectivity index (χ3n) is 1.21. The number of hydrogen-bond acceptors (Lipinski definition) is 3. The molecule has 6 heteroatoms. The van der Waals surface area contributed by atoms with Crippen molar-refractivity contribution < 1.29 is 9.83 Å². The molecule has 0 aliphatic rings. The highest BCUT2D eigenvalue weighted by molar-refractivity contribution is 5.73. The molecule has 64 valence electrons. The molecule has 0 aromatic carbocycles. The van der Waals surface area contributed by atoms with Crippen molar-refractivity contribution in [3.8, 4) is 0 Å². The Morgan fingerprint density at radius 2 is 2.27 bits per heavy atom. The number of primary amides is 1. The first-order valence-electron chi connectivity index (χ1n) is 3.25. The van der Waals surface area contributed by atoms with Gasteiger partial charge >= 0.3 is 0 Å². The second-order valence-electron chi connectivity index (χ2n) is 2.00. The van der Waals surface area contributed by atoms with E-state index in [-0.39, 0.29) is 19.5 Å². The summed E-state index contributed by atoms with van der Waals surface area (Å²) in [5.74, 6) is -0.523. The third-order valence-corrected chi connectivity index (χ3v) is 1.21. The fraction of sp³-hybridized carbons (Fsp3) is 0.800. The molecule has 0 aromatic heterocycles. The lowest BCUT2D eigenvalue weighted by atomic mass is 10.4. The molecule has 0 unspecified atom stereocenters. The molecular formula is C5H11N3O3. The molecule has 0 saturated heterocycles. The van der Waals surface area contributed by atoms with Gasteiger partial charge in [-0.2, -0.15) is 0 Å². The maximum absolute atomic E-state index is 10.2. The molecule has 0 aliphatic carbocycles. The quantitative estimate of drug-likeness (QED) is 0.429. The van der Waals surface area contributed by atoms with E-state index in [0.29, 0.717) is 0 Å². The van der Waals surface area contributed by atoms with Crippen molar-refractivity contribution in [2.45, 2.75) is 13.3 Å². The van der Waals surface area contributed by atoms with Crippen molar-refractivity contribution in [2.24, 2.45) is 5.73 Å². The summed E-state index contributed by atoms with van der Waals surface area (Å²) in [6, 6.07) is 0. The lowest BCUT2D eigenvalue weighted by Gasteiger charge is -2.09. The number of nitrogens with two attached hydrogens (primary N) is 1. The summed E-state index contributed by atoms with van der Waals surface area (Å²) in [7, 11) is 0. The van der Waals surface area contributed by atoms with Crippen molar-refractivity contribution in [3.05, 3.63) is 10.1 Å². The first kappa shape index (κ1) is 9.67. The van der Waals surface area contributed by atoms with Crippen LogP contribution >= 0.6 is 0 Å². The highest BCUT2D eigenvalue weighted by Crippen LogP contribution is 1.89. The van der Waals surface area contributed by atoms with Crippen molar-refractivity contribution in [3.63, 3.8) is 0 Å². The van der Waals surface area contributed by atoms with E-state index < -0.39 is 10.9 Å². The predicted octanol–water partition coefficient (Wildman–Crippen LogP) is -0.625. The Morgan fingerprint density at radius 1 is 1.73 bits per heavy atom. The van der Waals surface area contributed by atoms with E-state index in [4.69, 9.17) is 5.73 Å². The number of hydrazine groups is 1. The number of rotatable bonds is 5. The van der Waals surface area contributed by atoms with Gasteiger partial charge in [0.15, 0.2) is 5.03 Å². The van der Waals surface area contributed by atoms with E-state index in [0.717, 1.165) is 5.01 Å². The standard InChI is InChI=1S/C5H11N3O3/c1-2-7(8(10)11)4-3-5(6)9/h2-4H2,1H3,(H2,6,9). The Labute approximate surface area is 64.1 Å². The number of carbonyl (C=O) groups is 1. The monoisotopic (exact) mass is 161 g/mol. The summed E-state index contributed by atoms with van der Waals surface area (Å²) in [6.45, 7) is 2.00. The molecule has 0 aliphatic heterocycles. The van der Waals surface area contributed by atoms with Gasteiger partial charge in [-0.1, -0.05) is 0 Å². The average molecular weight is 161 g/mol. The molecule has 11 heavy (non-hydrogen) atoms. The molecule has 0 bridgehead atoms. The van der Waals surface area contributed by atoms with Gasteiger partial charge in [0.2, 0.25) is 5.91 Å².